The van der Waals surface area contributed by atoms with Crippen molar-refractivity contribution in [2.45, 2.75) is 45.1 Å². The zero-order chi connectivity index (χ0) is 11.9. The zero-order valence-electron chi connectivity index (χ0n) is 10.2. The predicted molar refractivity (Wildman–Crippen MR) is 66.3 cm³/mol. The van der Waals surface area contributed by atoms with Gasteiger partial charge in [-0.15, -0.1) is 0 Å². The van der Waals surface area contributed by atoms with Gasteiger partial charge in [-0.2, -0.15) is 5.26 Å². The third kappa shape index (κ3) is 3.90. The summed E-state index contributed by atoms with van der Waals surface area (Å²) in [7, 11) is 0. The standard InChI is InChI=1S/C14H20N2O/c15-10-13-7-8-14(17-13)11-16-9-3-6-12-4-1-2-5-12/h7-8,12,16H,1-6,9,11H2. The number of nitrogens with zero attached hydrogens (tertiary/aromatic N) is 1. The van der Waals surface area contributed by atoms with E-state index in [1.807, 2.05) is 12.1 Å². The Labute approximate surface area is 103 Å². The Hall–Kier alpha value is -1.27. The number of nitrogens with one attached hydrogen (secondary N) is 1. The van der Waals surface area contributed by atoms with Crippen LogP contribution in [0.25, 0.3) is 0 Å². The highest BCUT2D eigenvalue weighted by molar-refractivity contribution is 5.18. The molecule has 0 aliphatic heterocycles. The van der Waals surface area contributed by atoms with Crippen LogP contribution >= 0.6 is 0 Å². The highest BCUT2D eigenvalue weighted by atomic mass is 16.3. The zero-order valence-corrected chi connectivity index (χ0v) is 10.2. The van der Waals surface area contributed by atoms with Crippen molar-refractivity contribution >= 4 is 0 Å². The van der Waals surface area contributed by atoms with E-state index in [1.54, 1.807) is 6.07 Å². The fourth-order valence-electron chi connectivity index (χ4n) is 2.56. The second-order valence-corrected chi connectivity index (χ2v) is 4.85. The highest BCUT2D eigenvalue weighted by Gasteiger charge is 2.13. The molecule has 0 unspecified atom stereocenters. The van der Waals surface area contributed by atoms with Gasteiger partial charge in [0, 0.05) is 0 Å². The summed E-state index contributed by atoms with van der Waals surface area (Å²) in [5, 5.41) is 12.0. The molecule has 0 aromatic carbocycles. The summed E-state index contributed by atoms with van der Waals surface area (Å²) >= 11 is 0. The van der Waals surface area contributed by atoms with E-state index in [0.29, 0.717) is 5.76 Å². The number of rotatable bonds is 6. The molecule has 3 heteroatoms. The van der Waals surface area contributed by atoms with Crippen molar-refractivity contribution in [1.29, 1.82) is 5.26 Å². The van der Waals surface area contributed by atoms with Crippen LogP contribution in [-0.2, 0) is 6.54 Å². The molecule has 1 heterocycles. The molecular weight excluding hydrogens is 212 g/mol. The number of nitriles is 1. The van der Waals surface area contributed by atoms with Crippen LogP contribution < -0.4 is 5.32 Å². The van der Waals surface area contributed by atoms with Crippen LogP contribution in [0, 0.1) is 17.2 Å². The van der Waals surface area contributed by atoms with Crippen LogP contribution in [0.1, 0.15) is 50.0 Å². The Kier molecular flexibility index (Phi) is 4.63. The fourth-order valence-corrected chi connectivity index (χ4v) is 2.56. The molecule has 1 aromatic heterocycles. The quantitative estimate of drug-likeness (QED) is 0.766. The maximum absolute atomic E-state index is 8.62. The minimum Gasteiger partial charge on any atom is -0.449 e. The van der Waals surface area contributed by atoms with Crippen molar-refractivity contribution in [3.63, 3.8) is 0 Å². The maximum atomic E-state index is 8.62. The van der Waals surface area contributed by atoms with Gasteiger partial charge in [0.15, 0.2) is 0 Å². The third-order valence-electron chi connectivity index (χ3n) is 3.51. The SMILES string of the molecule is N#Cc1ccc(CNCCCC2CCCC2)o1. The maximum Gasteiger partial charge on any atom is 0.203 e. The largest absolute Gasteiger partial charge is 0.449 e. The lowest BCUT2D eigenvalue weighted by Crippen LogP contribution is -2.15. The molecule has 1 fully saturated rings. The Balaban J connectivity index is 1.55. The Morgan fingerprint density at radius 3 is 2.88 bits per heavy atom. The highest BCUT2D eigenvalue weighted by Crippen LogP contribution is 2.28. The lowest BCUT2D eigenvalue weighted by atomic mass is 10.0. The molecule has 0 atom stereocenters. The van der Waals surface area contributed by atoms with E-state index < -0.39 is 0 Å². The second-order valence-electron chi connectivity index (χ2n) is 4.85. The predicted octanol–water partition coefficient (Wildman–Crippen LogP) is 3.21. The smallest absolute Gasteiger partial charge is 0.203 e. The van der Waals surface area contributed by atoms with Gasteiger partial charge in [0.1, 0.15) is 11.8 Å². The molecule has 1 N–H and O–H groups in total. The van der Waals surface area contributed by atoms with Gasteiger partial charge in [-0.3, -0.25) is 0 Å². The number of hydrogen-bond donors (Lipinski definition) is 1. The first-order chi connectivity index (χ1) is 8.38. The summed E-state index contributed by atoms with van der Waals surface area (Å²) in [6, 6.07) is 5.57. The van der Waals surface area contributed by atoms with Crippen molar-refractivity contribution in [3.8, 4) is 6.07 Å². The molecule has 1 aromatic rings. The second kappa shape index (κ2) is 6.46. The van der Waals surface area contributed by atoms with E-state index >= 15 is 0 Å². The van der Waals surface area contributed by atoms with Crippen molar-refractivity contribution in [1.82, 2.24) is 5.32 Å². The van der Waals surface area contributed by atoms with Gasteiger partial charge in [-0.05, 0) is 37.4 Å². The Morgan fingerprint density at radius 2 is 2.18 bits per heavy atom. The molecule has 1 saturated carbocycles. The van der Waals surface area contributed by atoms with E-state index in [4.69, 9.17) is 9.68 Å². The minimum absolute atomic E-state index is 0.396. The van der Waals surface area contributed by atoms with Crippen LogP contribution in [0.3, 0.4) is 0 Å². The molecule has 1 aliphatic rings. The summed E-state index contributed by atoms with van der Waals surface area (Å²) in [5.41, 5.74) is 0. The van der Waals surface area contributed by atoms with Gasteiger partial charge in [0.05, 0.1) is 6.54 Å². The summed E-state index contributed by atoms with van der Waals surface area (Å²) in [6.45, 7) is 1.77. The molecule has 0 radical (unpaired) electrons. The molecule has 2 rings (SSSR count). The van der Waals surface area contributed by atoms with Crippen molar-refractivity contribution in [2.24, 2.45) is 5.92 Å². The lowest BCUT2D eigenvalue weighted by molar-refractivity contribution is 0.446. The Morgan fingerprint density at radius 1 is 1.35 bits per heavy atom. The van der Waals surface area contributed by atoms with Gasteiger partial charge in [0.25, 0.3) is 0 Å². The molecule has 17 heavy (non-hydrogen) atoms. The summed E-state index contributed by atoms with van der Waals surface area (Å²) in [4.78, 5) is 0. The van der Waals surface area contributed by atoms with Gasteiger partial charge in [0.2, 0.25) is 5.76 Å². The van der Waals surface area contributed by atoms with Crippen LogP contribution in [0.5, 0.6) is 0 Å². The van der Waals surface area contributed by atoms with E-state index in [9.17, 15) is 0 Å². The van der Waals surface area contributed by atoms with E-state index in [1.165, 1.54) is 38.5 Å². The Bertz CT molecular complexity index is 372. The van der Waals surface area contributed by atoms with Gasteiger partial charge >= 0.3 is 0 Å². The number of furan rings is 1. The minimum atomic E-state index is 0.396. The van der Waals surface area contributed by atoms with E-state index in [-0.39, 0.29) is 0 Å². The summed E-state index contributed by atoms with van der Waals surface area (Å²) in [5.74, 6) is 2.22. The molecule has 3 nitrogen and oxygen atoms in total. The van der Waals surface area contributed by atoms with Crippen LogP contribution in [-0.4, -0.2) is 6.54 Å². The van der Waals surface area contributed by atoms with Crippen LogP contribution in [0.4, 0.5) is 0 Å². The lowest BCUT2D eigenvalue weighted by Gasteiger charge is -2.08. The normalized spacial score (nSPS) is 16.2. The van der Waals surface area contributed by atoms with Gasteiger partial charge < -0.3 is 9.73 Å². The van der Waals surface area contributed by atoms with Crippen molar-refractivity contribution < 1.29 is 4.42 Å². The topological polar surface area (TPSA) is 49.0 Å². The summed E-state index contributed by atoms with van der Waals surface area (Å²) in [6.07, 6.45) is 8.33. The first-order valence-electron chi connectivity index (χ1n) is 6.58. The van der Waals surface area contributed by atoms with Gasteiger partial charge in [-0.25, -0.2) is 0 Å². The molecule has 0 spiro atoms. The van der Waals surface area contributed by atoms with Crippen LogP contribution in [0.2, 0.25) is 0 Å². The molecule has 0 saturated heterocycles. The monoisotopic (exact) mass is 232 g/mol. The van der Waals surface area contributed by atoms with Crippen molar-refractivity contribution in [3.05, 3.63) is 23.7 Å². The number of hydrogen-bond acceptors (Lipinski definition) is 3. The summed E-state index contributed by atoms with van der Waals surface area (Å²) < 4.78 is 5.29. The first-order valence-corrected chi connectivity index (χ1v) is 6.58. The van der Waals surface area contributed by atoms with Crippen molar-refractivity contribution in [2.75, 3.05) is 6.54 Å². The van der Waals surface area contributed by atoms with E-state index in [0.717, 1.165) is 24.8 Å². The molecule has 0 bridgehead atoms. The molecule has 92 valence electrons. The average Bonchev–Trinajstić information content (AvgIpc) is 2.99. The molecule has 1 aliphatic carbocycles. The van der Waals surface area contributed by atoms with Gasteiger partial charge in [-0.1, -0.05) is 25.7 Å². The third-order valence-corrected chi connectivity index (χ3v) is 3.51. The average molecular weight is 232 g/mol. The van der Waals surface area contributed by atoms with Crippen LogP contribution in [0.15, 0.2) is 16.5 Å². The fraction of sp³-hybridized carbons (Fsp3) is 0.643. The first kappa shape index (κ1) is 12.2. The molecular formula is C14H20N2O. The van der Waals surface area contributed by atoms with E-state index in [2.05, 4.69) is 5.32 Å². The molecule has 0 amide bonds.